The van der Waals surface area contributed by atoms with Gasteiger partial charge >= 0.3 is 0 Å². The summed E-state index contributed by atoms with van der Waals surface area (Å²) in [5, 5.41) is 11.5. The summed E-state index contributed by atoms with van der Waals surface area (Å²) in [6, 6.07) is 13.7. The first-order chi connectivity index (χ1) is 9.24. The lowest BCUT2D eigenvalue weighted by atomic mass is 10.2. The summed E-state index contributed by atoms with van der Waals surface area (Å²) in [6.07, 6.45) is 0.571. The zero-order valence-electron chi connectivity index (χ0n) is 11.0. The maximum atomic E-state index is 12.0. The molecule has 0 saturated carbocycles. The van der Waals surface area contributed by atoms with E-state index >= 15 is 0 Å². The summed E-state index contributed by atoms with van der Waals surface area (Å²) < 4.78 is 1.88. The molecular weight excluding hydrogens is 240 g/mol. The van der Waals surface area contributed by atoms with Crippen molar-refractivity contribution in [1.82, 2.24) is 9.88 Å². The van der Waals surface area contributed by atoms with E-state index < -0.39 is 0 Å². The number of benzene rings is 1. The van der Waals surface area contributed by atoms with Crippen LogP contribution in [0.5, 0.6) is 0 Å². The molecule has 0 aliphatic carbocycles. The highest BCUT2D eigenvalue weighted by Gasteiger charge is 2.12. The van der Waals surface area contributed by atoms with Gasteiger partial charge in [-0.05, 0) is 24.1 Å². The van der Waals surface area contributed by atoms with Gasteiger partial charge in [0, 0.05) is 25.9 Å². The highest BCUT2D eigenvalue weighted by atomic mass is 16.3. The molecule has 100 valence electrons. The van der Waals surface area contributed by atoms with Crippen LogP contribution in [-0.4, -0.2) is 28.7 Å². The Kier molecular flexibility index (Phi) is 4.36. The number of aliphatic hydroxyl groups excluding tert-OH is 1. The molecule has 1 aromatic carbocycles. The Morgan fingerprint density at radius 2 is 1.95 bits per heavy atom. The van der Waals surface area contributed by atoms with Crippen molar-refractivity contribution in [2.24, 2.45) is 7.05 Å². The first kappa shape index (κ1) is 13.4. The topological polar surface area (TPSA) is 54.3 Å². The molecule has 0 spiro atoms. The van der Waals surface area contributed by atoms with Gasteiger partial charge in [0.2, 0.25) is 0 Å². The second-order valence-corrected chi connectivity index (χ2v) is 4.36. The molecule has 0 bridgehead atoms. The van der Waals surface area contributed by atoms with Crippen LogP contribution in [-0.2, 0) is 7.05 Å². The molecule has 4 heteroatoms. The molecular formula is C15H18N2O2. The molecule has 0 atom stereocenters. The van der Waals surface area contributed by atoms with Gasteiger partial charge < -0.3 is 15.0 Å². The zero-order valence-corrected chi connectivity index (χ0v) is 11.0. The van der Waals surface area contributed by atoms with Crippen molar-refractivity contribution < 1.29 is 9.90 Å². The van der Waals surface area contributed by atoms with Gasteiger partial charge in [-0.15, -0.1) is 0 Å². The predicted octanol–water partition coefficient (Wildman–Crippen LogP) is 1.80. The maximum absolute atomic E-state index is 12.0. The number of nitrogens with zero attached hydrogens (tertiary/aromatic N) is 1. The molecule has 0 fully saturated rings. The number of hydrogen-bond donors (Lipinski definition) is 2. The number of carbonyl (C=O) groups is 1. The Morgan fingerprint density at radius 1 is 1.21 bits per heavy atom. The number of amides is 1. The molecule has 2 aromatic rings. The molecule has 0 aliphatic heterocycles. The normalized spacial score (nSPS) is 10.4. The third-order valence-corrected chi connectivity index (χ3v) is 3.04. The average molecular weight is 258 g/mol. The minimum atomic E-state index is -0.113. The third kappa shape index (κ3) is 3.03. The van der Waals surface area contributed by atoms with Crippen LogP contribution < -0.4 is 5.32 Å². The molecule has 1 heterocycles. The van der Waals surface area contributed by atoms with Crippen LogP contribution in [0.2, 0.25) is 0 Å². The molecule has 2 N–H and O–H groups in total. The fraction of sp³-hybridized carbons (Fsp3) is 0.267. The van der Waals surface area contributed by atoms with Gasteiger partial charge in [-0.3, -0.25) is 4.79 Å². The van der Waals surface area contributed by atoms with Crippen molar-refractivity contribution in [3.8, 4) is 11.3 Å². The lowest BCUT2D eigenvalue weighted by Gasteiger charge is -2.08. The summed E-state index contributed by atoms with van der Waals surface area (Å²) in [4.78, 5) is 12.0. The van der Waals surface area contributed by atoms with Crippen LogP contribution in [0, 0.1) is 0 Å². The highest BCUT2D eigenvalue weighted by molar-refractivity contribution is 5.93. The second-order valence-electron chi connectivity index (χ2n) is 4.36. The van der Waals surface area contributed by atoms with Crippen LogP contribution in [0.25, 0.3) is 11.3 Å². The summed E-state index contributed by atoms with van der Waals surface area (Å²) in [6.45, 7) is 0.573. The minimum absolute atomic E-state index is 0.0860. The van der Waals surface area contributed by atoms with Crippen molar-refractivity contribution in [2.45, 2.75) is 6.42 Å². The zero-order chi connectivity index (χ0) is 13.7. The largest absolute Gasteiger partial charge is 0.396 e. The quantitative estimate of drug-likeness (QED) is 0.804. The van der Waals surface area contributed by atoms with E-state index in [-0.39, 0.29) is 12.5 Å². The van der Waals surface area contributed by atoms with Crippen molar-refractivity contribution >= 4 is 5.91 Å². The first-order valence-electron chi connectivity index (χ1n) is 6.34. The van der Waals surface area contributed by atoms with Crippen LogP contribution in [0.4, 0.5) is 0 Å². The number of aliphatic hydroxyl groups is 1. The number of carbonyl (C=O) groups excluding carboxylic acids is 1. The van der Waals surface area contributed by atoms with E-state index in [1.165, 1.54) is 0 Å². The second kappa shape index (κ2) is 6.20. The standard InChI is InChI=1S/C15H18N2O2/c1-17-13(12-6-3-2-4-7-12)8-9-14(17)15(19)16-10-5-11-18/h2-4,6-9,18H,5,10-11H2,1H3,(H,16,19). The third-order valence-electron chi connectivity index (χ3n) is 3.04. The molecule has 0 unspecified atom stereocenters. The maximum Gasteiger partial charge on any atom is 0.267 e. The van der Waals surface area contributed by atoms with Gasteiger partial charge in [0.25, 0.3) is 5.91 Å². The fourth-order valence-corrected chi connectivity index (χ4v) is 2.01. The van der Waals surface area contributed by atoms with E-state index in [4.69, 9.17) is 5.11 Å². The van der Waals surface area contributed by atoms with Crippen LogP contribution >= 0.6 is 0 Å². The van der Waals surface area contributed by atoms with Gasteiger partial charge in [0.15, 0.2) is 0 Å². The summed E-state index contributed by atoms with van der Waals surface area (Å²) >= 11 is 0. The van der Waals surface area contributed by atoms with E-state index in [0.717, 1.165) is 11.3 Å². The van der Waals surface area contributed by atoms with Crippen molar-refractivity contribution in [2.75, 3.05) is 13.2 Å². The van der Waals surface area contributed by atoms with Crippen molar-refractivity contribution in [3.05, 3.63) is 48.2 Å². The Bertz CT molecular complexity index is 547. The van der Waals surface area contributed by atoms with Gasteiger partial charge in [0.1, 0.15) is 5.69 Å². The molecule has 1 amide bonds. The summed E-state index contributed by atoms with van der Waals surface area (Å²) in [5.41, 5.74) is 2.71. The first-order valence-corrected chi connectivity index (χ1v) is 6.34. The molecule has 1 aromatic heterocycles. The van der Waals surface area contributed by atoms with Crippen molar-refractivity contribution in [1.29, 1.82) is 0 Å². The number of rotatable bonds is 5. The molecule has 0 saturated heterocycles. The molecule has 19 heavy (non-hydrogen) atoms. The smallest absolute Gasteiger partial charge is 0.267 e. The molecule has 4 nitrogen and oxygen atoms in total. The number of hydrogen-bond acceptors (Lipinski definition) is 2. The summed E-state index contributed by atoms with van der Waals surface area (Å²) in [7, 11) is 1.88. The number of aromatic nitrogens is 1. The molecule has 2 rings (SSSR count). The van der Waals surface area contributed by atoms with E-state index in [0.29, 0.717) is 18.7 Å². The Balaban J connectivity index is 2.17. The van der Waals surface area contributed by atoms with E-state index in [9.17, 15) is 4.79 Å². The Morgan fingerprint density at radius 3 is 2.63 bits per heavy atom. The van der Waals surface area contributed by atoms with Crippen molar-refractivity contribution in [3.63, 3.8) is 0 Å². The lowest BCUT2D eigenvalue weighted by molar-refractivity contribution is 0.0943. The predicted molar refractivity (Wildman–Crippen MR) is 74.9 cm³/mol. The lowest BCUT2D eigenvalue weighted by Crippen LogP contribution is -2.26. The monoisotopic (exact) mass is 258 g/mol. The molecule has 0 aliphatic rings. The van der Waals surface area contributed by atoms with E-state index in [1.54, 1.807) is 0 Å². The van der Waals surface area contributed by atoms with Crippen LogP contribution in [0.3, 0.4) is 0 Å². The van der Waals surface area contributed by atoms with Crippen LogP contribution in [0.15, 0.2) is 42.5 Å². The van der Waals surface area contributed by atoms with Gasteiger partial charge in [-0.1, -0.05) is 30.3 Å². The highest BCUT2D eigenvalue weighted by Crippen LogP contribution is 2.21. The van der Waals surface area contributed by atoms with Gasteiger partial charge in [0.05, 0.1) is 0 Å². The minimum Gasteiger partial charge on any atom is -0.396 e. The van der Waals surface area contributed by atoms with Gasteiger partial charge in [-0.25, -0.2) is 0 Å². The van der Waals surface area contributed by atoms with Crippen LogP contribution in [0.1, 0.15) is 16.9 Å². The Labute approximate surface area is 112 Å². The summed E-state index contributed by atoms with van der Waals surface area (Å²) in [5.74, 6) is -0.113. The van der Waals surface area contributed by atoms with Gasteiger partial charge in [-0.2, -0.15) is 0 Å². The Hall–Kier alpha value is -2.07. The fourth-order valence-electron chi connectivity index (χ4n) is 2.01. The SMILES string of the molecule is Cn1c(C(=O)NCCCO)ccc1-c1ccccc1. The molecule has 0 radical (unpaired) electrons. The van der Waals surface area contributed by atoms with E-state index in [1.807, 2.05) is 54.1 Å². The average Bonchev–Trinajstić information content (AvgIpc) is 2.82. The number of nitrogens with one attached hydrogen (secondary N) is 1. The van der Waals surface area contributed by atoms with E-state index in [2.05, 4.69) is 5.32 Å².